The van der Waals surface area contributed by atoms with E-state index in [1.807, 2.05) is 17.4 Å². The fourth-order valence-electron chi connectivity index (χ4n) is 10.5. The standard InChI is InChI=1S/C60H42N2OS/c1-2-12-43(13-3-1)62-55-21-7-4-14-49(55)54-38-42(30-37-56(54)62)39-24-31-44(32-25-39)61(45-33-26-40(27-34-45)47-17-10-19-52-50-15-5-8-22-57(50)63-59(47)52)46-35-28-41(29-36-46)48-18-11-20-53-51-16-6-9-23-58(51)64-60(48)53/h1-26,28-33,35-36,38,56H,27,34,37H2. The maximum atomic E-state index is 6.49. The molecule has 0 spiro atoms. The lowest BCUT2D eigenvalue weighted by Gasteiger charge is -2.31. The molecule has 1 unspecified atom stereocenters. The molecule has 8 aromatic carbocycles. The summed E-state index contributed by atoms with van der Waals surface area (Å²) in [5.74, 6) is 0. The third-order valence-corrected chi connectivity index (χ3v) is 14.7. The summed E-state index contributed by atoms with van der Waals surface area (Å²) >= 11 is 1.88. The second-order valence-electron chi connectivity index (χ2n) is 17.1. The van der Waals surface area contributed by atoms with E-state index in [-0.39, 0.29) is 6.04 Å². The van der Waals surface area contributed by atoms with E-state index in [0.717, 1.165) is 47.2 Å². The van der Waals surface area contributed by atoms with Gasteiger partial charge in [-0.15, -0.1) is 11.3 Å². The van der Waals surface area contributed by atoms with Gasteiger partial charge in [0.05, 0.1) is 6.04 Å². The smallest absolute Gasteiger partial charge is 0.142 e. The number of anilines is 4. The van der Waals surface area contributed by atoms with Gasteiger partial charge >= 0.3 is 0 Å². The van der Waals surface area contributed by atoms with Crippen LogP contribution in [0.1, 0.15) is 36.0 Å². The molecule has 1 atom stereocenters. The molecule has 4 heteroatoms. The van der Waals surface area contributed by atoms with E-state index < -0.39 is 0 Å². The van der Waals surface area contributed by atoms with Crippen LogP contribution < -0.4 is 9.80 Å². The van der Waals surface area contributed by atoms with Gasteiger partial charge in [-0.2, -0.15) is 0 Å². The minimum absolute atomic E-state index is 0.280. The second-order valence-corrected chi connectivity index (χ2v) is 18.1. The van der Waals surface area contributed by atoms with Gasteiger partial charge in [0.25, 0.3) is 0 Å². The summed E-state index contributed by atoms with van der Waals surface area (Å²) in [4.78, 5) is 4.97. The second kappa shape index (κ2) is 15.0. The summed E-state index contributed by atoms with van der Waals surface area (Å²) in [7, 11) is 0. The zero-order valence-corrected chi connectivity index (χ0v) is 35.9. The van der Waals surface area contributed by atoms with Gasteiger partial charge in [-0.3, -0.25) is 0 Å². The predicted molar refractivity (Wildman–Crippen MR) is 272 cm³/mol. The number of nitrogens with zero attached hydrogens (tertiary/aromatic N) is 2. The van der Waals surface area contributed by atoms with E-state index in [4.69, 9.17) is 4.42 Å². The van der Waals surface area contributed by atoms with E-state index in [9.17, 15) is 0 Å². The lowest BCUT2D eigenvalue weighted by atomic mass is 9.89. The third-order valence-electron chi connectivity index (χ3n) is 13.5. The van der Waals surface area contributed by atoms with Crippen molar-refractivity contribution in [2.75, 3.05) is 9.80 Å². The molecule has 3 aliphatic rings. The van der Waals surface area contributed by atoms with E-state index in [2.05, 4.69) is 216 Å². The van der Waals surface area contributed by atoms with Crippen molar-refractivity contribution in [2.24, 2.45) is 0 Å². The van der Waals surface area contributed by atoms with Gasteiger partial charge in [0, 0.05) is 70.5 Å². The third kappa shape index (κ3) is 6.01. The van der Waals surface area contributed by atoms with Crippen LogP contribution in [0.15, 0.2) is 222 Å². The van der Waals surface area contributed by atoms with Crippen molar-refractivity contribution < 1.29 is 4.42 Å². The minimum Gasteiger partial charge on any atom is -0.455 e. The fourth-order valence-corrected chi connectivity index (χ4v) is 11.7. The Bertz CT molecular complexity index is 3580. The molecule has 0 bridgehead atoms. The molecule has 3 heterocycles. The summed E-state index contributed by atoms with van der Waals surface area (Å²) in [6.45, 7) is 0. The van der Waals surface area contributed by atoms with Gasteiger partial charge in [0.15, 0.2) is 0 Å². The number of para-hydroxylation sites is 4. The number of hydrogen-bond acceptors (Lipinski definition) is 4. The highest BCUT2D eigenvalue weighted by molar-refractivity contribution is 7.26. The van der Waals surface area contributed by atoms with E-state index in [1.165, 1.54) is 87.2 Å². The Morgan fingerprint density at radius 3 is 2.02 bits per heavy atom. The maximum Gasteiger partial charge on any atom is 0.142 e. The van der Waals surface area contributed by atoms with Gasteiger partial charge in [-0.1, -0.05) is 146 Å². The zero-order chi connectivity index (χ0) is 42.1. The van der Waals surface area contributed by atoms with Crippen LogP contribution in [0.25, 0.3) is 70.0 Å². The maximum absolute atomic E-state index is 6.49. The van der Waals surface area contributed by atoms with Crippen molar-refractivity contribution in [1.29, 1.82) is 0 Å². The SMILES string of the molecule is C1=C(c2ccc(N(C3=CC=C(c4cccc5c4oc4ccccc45)CC3)c3ccc(-c4cccc5c4sc4ccccc45)cc3)cc2)C=C2c3ccccc3N(c3ccccc3)C2C1. The van der Waals surface area contributed by atoms with Crippen LogP contribution in [-0.2, 0) is 0 Å². The number of hydrogen-bond donors (Lipinski definition) is 0. The van der Waals surface area contributed by atoms with Gasteiger partial charge in [0.1, 0.15) is 11.2 Å². The van der Waals surface area contributed by atoms with Crippen LogP contribution in [0.3, 0.4) is 0 Å². The summed E-state index contributed by atoms with van der Waals surface area (Å²) in [6.07, 6.45) is 12.2. The van der Waals surface area contributed by atoms with Gasteiger partial charge in [-0.05, 0) is 119 Å². The molecule has 304 valence electrons. The number of thiophene rings is 1. The first-order valence-corrected chi connectivity index (χ1v) is 23.1. The molecule has 0 saturated heterocycles. The van der Waals surface area contributed by atoms with Crippen molar-refractivity contribution in [3.8, 4) is 11.1 Å². The molecular formula is C60H42N2OS. The molecule has 0 N–H and O–H groups in total. The molecule has 0 amide bonds. The monoisotopic (exact) mass is 838 g/mol. The first-order valence-electron chi connectivity index (χ1n) is 22.3. The molecular weight excluding hydrogens is 797 g/mol. The van der Waals surface area contributed by atoms with Gasteiger partial charge in [-0.25, -0.2) is 0 Å². The number of benzene rings is 8. The molecule has 13 rings (SSSR count). The summed E-state index contributed by atoms with van der Waals surface area (Å²) in [5, 5.41) is 4.98. The van der Waals surface area contributed by atoms with Crippen molar-refractivity contribution >= 4 is 92.9 Å². The highest BCUT2D eigenvalue weighted by atomic mass is 32.1. The topological polar surface area (TPSA) is 19.6 Å². The highest BCUT2D eigenvalue weighted by Crippen LogP contribution is 2.49. The van der Waals surface area contributed by atoms with E-state index in [0.29, 0.717) is 0 Å². The minimum atomic E-state index is 0.280. The Morgan fingerprint density at radius 2 is 1.20 bits per heavy atom. The molecule has 64 heavy (non-hydrogen) atoms. The highest BCUT2D eigenvalue weighted by Gasteiger charge is 2.35. The Morgan fingerprint density at radius 1 is 0.531 bits per heavy atom. The molecule has 1 aliphatic heterocycles. The van der Waals surface area contributed by atoms with Crippen LogP contribution in [-0.4, -0.2) is 6.04 Å². The Labute approximate surface area is 376 Å². The summed E-state index contributed by atoms with van der Waals surface area (Å²) in [6, 6.07) is 68.8. The average Bonchev–Trinajstić information content (AvgIpc) is 4.05. The van der Waals surface area contributed by atoms with E-state index in [1.54, 1.807) is 0 Å². The van der Waals surface area contributed by atoms with Crippen molar-refractivity contribution in [3.05, 3.63) is 235 Å². The van der Waals surface area contributed by atoms with Crippen LogP contribution in [0.2, 0.25) is 0 Å². The molecule has 2 aliphatic carbocycles. The molecule has 0 radical (unpaired) electrons. The first-order chi connectivity index (χ1) is 31.7. The quantitative estimate of drug-likeness (QED) is 0.159. The van der Waals surface area contributed by atoms with Crippen molar-refractivity contribution in [1.82, 2.24) is 0 Å². The number of fused-ring (bicyclic) bond motifs is 9. The molecule has 10 aromatic rings. The predicted octanol–water partition coefficient (Wildman–Crippen LogP) is 16.9. The fraction of sp³-hybridized carbons (Fsp3) is 0.0667. The lowest BCUT2D eigenvalue weighted by molar-refractivity contribution is 0.667. The first kappa shape index (κ1) is 36.9. The van der Waals surface area contributed by atoms with Crippen molar-refractivity contribution in [3.63, 3.8) is 0 Å². The summed E-state index contributed by atoms with van der Waals surface area (Å²) < 4.78 is 9.15. The molecule has 2 aromatic heterocycles. The van der Waals surface area contributed by atoms with Crippen LogP contribution >= 0.6 is 11.3 Å². The number of allylic oxidation sites excluding steroid dienone is 6. The number of rotatable bonds is 7. The molecule has 0 saturated carbocycles. The van der Waals surface area contributed by atoms with Crippen LogP contribution in [0.4, 0.5) is 22.7 Å². The number of furan rings is 1. The lowest BCUT2D eigenvalue weighted by Crippen LogP contribution is -2.27. The normalized spacial score (nSPS) is 15.8. The van der Waals surface area contributed by atoms with Gasteiger partial charge in [0.2, 0.25) is 0 Å². The van der Waals surface area contributed by atoms with Crippen LogP contribution in [0.5, 0.6) is 0 Å². The summed E-state index contributed by atoms with van der Waals surface area (Å²) in [5.41, 5.74) is 18.2. The molecule has 0 fully saturated rings. The average molecular weight is 839 g/mol. The Balaban J connectivity index is 0.869. The van der Waals surface area contributed by atoms with Gasteiger partial charge < -0.3 is 14.2 Å². The van der Waals surface area contributed by atoms with Crippen molar-refractivity contribution in [2.45, 2.75) is 25.3 Å². The largest absolute Gasteiger partial charge is 0.455 e. The Kier molecular flexibility index (Phi) is 8.66. The van der Waals surface area contributed by atoms with E-state index >= 15 is 0 Å². The van der Waals surface area contributed by atoms with Crippen LogP contribution in [0, 0.1) is 0 Å². The zero-order valence-electron chi connectivity index (χ0n) is 35.1. The Hall–Kier alpha value is -7.66. The molecule has 3 nitrogen and oxygen atoms in total.